The lowest BCUT2D eigenvalue weighted by Crippen LogP contribution is -2.55. The second kappa shape index (κ2) is 7.04. The number of amides is 4. The molecule has 25 heavy (non-hydrogen) atoms. The molecule has 0 aromatic heterocycles. The van der Waals surface area contributed by atoms with E-state index in [1.165, 1.54) is 0 Å². The number of rotatable bonds is 7. The summed E-state index contributed by atoms with van der Waals surface area (Å²) >= 11 is 0. The third-order valence-electron chi connectivity index (χ3n) is 3.52. The molecule has 12 nitrogen and oxygen atoms in total. The predicted octanol–water partition coefficient (Wildman–Crippen LogP) is -3.03. The van der Waals surface area contributed by atoms with Gasteiger partial charge in [0.05, 0.1) is 0 Å². The van der Waals surface area contributed by atoms with E-state index in [2.05, 4.69) is 4.84 Å². The molecule has 136 valence electrons. The summed E-state index contributed by atoms with van der Waals surface area (Å²) in [7, 11) is 0. The first-order valence-electron chi connectivity index (χ1n) is 7.12. The summed E-state index contributed by atoms with van der Waals surface area (Å²) in [5.74, 6) is -4.76. The largest absolute Gasteiger partial charge is 0.378 e. The average Bonchev–Trinajstić information content (AvgIpc) is 3.07. The number of aldehydes is 1. The molecule has 2 rings (SSSR count). The van der Waals surface area contributed by atoms with Gasteiger partial charge in [-0.3, -0.25) is 28.8 Å². The summed E-state index contributed by atoms with van der Waals surface area (Å²) in [6.45, 7) is -1.12. The smallest absolute Gasteiger partial charge is 0.364 e. The van der Waals surface area contributed by atoms with E-state index in [1.54, 1.807) is 0 Å². The van der Waals surface area contributed by atoms with Crippen molar-refractivity contribution < 1.29 is 48.7 Å². The minimum Gasteiger partial charge on any atom is -0.378 e. The molecule has 2 aliphatic heterocycles. The second-order valence-corrected chi connectivity index (χ2v) is 5.36. The van der Waals surface area contributed by atoms with Crippen LogP contribution in [-0.4, -0.2) is 74.5 Å². The van der Waals surface area contributed by atoms with Gasteiger partial charge in [-0.15, -0.1) is 5.06 Å². The van der Waals surface area contributed by atoms with E-state index in [-0.39, 0.29) is 37.0 Å². The zero-order chi connectivity index (χ0) is 18.8. The van der Waals surface area contributed by atoms with Gasteiger partial charge in [0.15, 0.2) is 18.0 Å². The molecular weight excluding hydrogens is 344 g/mol. The summed E-state index contributed by atoms with van der Waals surface area (Å²) in [4.78, 5) is 77.4. The molecule has 2 heterocycles. The molecule has 0 bridgehead atoms. The quantitative estimate of drug-likeness (QED) is 0.352. The number of carbonyl (C=O) groups is 6. The highest BCUT2D eigenvalue weighted by Gasteiger charge is 2.46. The van der Waals surface area contributed by atoms with Crippen LogP contribution in [0.2, 0.25) is 0 Å². The lowest BCUT2D eigenvalue weighted by Gasteiger charge is -2.27. The second-order valence-electron chi connectivity index (χ2n) is 5.36. The molecule has 2 saturated heterocycles. The Hall–Kier alpha value is -2.70. The minimum atomic E-state index is -2.88. The van der Waals surface area contributed by atoms with E-state index < -0.39 is 47.9 Å². The lowest BCUT2D eigenvalue weighted by atomic mass is 10.00. The van der Waals surface area contributed by atoms with Crippen LogP contribution in [-0.2, 0) is 38.4 Å². The van der Waals surface area contributed by atoms with E-state index in [0.29, 0.717) is 5.06 Å². The van der Waals surface area contributed by atoms with Gasteiger partial charge in [-0.05, 0) is 0 Å². The van der Waals surface area contributed by atoms with Crippen molar-refractivity contribution in [3.63, 3.8) is 0 Å². The van der Waals surface area contributed by atoms with Crippen LogP contribution >= 0.6 is 0 Å². The molecule has 4 amide bonds. The van der Waals surface area contributed by atoms with Crippen LogP contribution in [0.15, 0.2) is 0 Å². The lowest BCUT2D eigenvalue weighted by molar-refractivity contribution is -0.225. The summed E-state index contributed by atoms with van der Waals surface area (Å²) in [5.41, 5.74) is -2.88. The molecule has 0 saturated carbocycles. The minimum absolute atomic E-state index is 0.116. The van der Waals surface area contributed by atoms with Crippen molar-refractivity contribution in [1.29, 1.82) is 0 Å². The number of aliphatic hydroxyl groups is 2. The van der Waals surface area contributed by atoms with Gasteiger partial charge in [-0.25, -0.2) is 4.79 Å². The Balaban J connectivity index is 2.01. The van der Waals surface area contributed by atoms with E-state index in [0.717, 1.165) is 0 Å². The Bertz CT molecular complexity index is 615. The summed E-state index contributed by atoms with van der Waals surface area (Å²) in [6.07, 6.45) is -3.42. The standard InChI is InChI=1S/C13H14N2O10/c16-5-13(23,6-24-14-7(17)1-2-8(14)18)11(21)12(22)25-15-9(19)3-4-10(15)20/h5,11,21,23H,1-4,6H2. The van der Waals surface area contributed by atoms with E-state index in [4.69, 9.17) is 4.84 Å². The molecule has 0 spiro atoms. The zero-order valence-electron chi connectivity index (χ0n) is 12.7. The van der Waals surface area contributed by atoms with Crippen LogP contribution < -0.4 is 0 Å². The number of nitrogens with zero attached hydrogens (tertiary/aromatic N) is 2. The zero-order valence-corrected chi connectivity index (χ0v) is 12.7. The van der Waals surface area contributed by atoms with Crippen LogP contribution in [0.1, 0.15) is 25.7 Å². The third kappa shape index (κ3) is 3.70. The maximum Gasteiger partial charge on any atom is 0.364 e. The van der Waals surface area contributed by atoms with Gasteiger partial charge in [-0.2, -0.15) is 5.06 Å². The van der Waals surface area contributed by atoms with Crippen molar-refractivity contribution in [3.05, 3.63) is 0 Å². The number of hydroxylamine groups is 4. The van der Waals surface area contributed by atoms with Crippen molar-refractivity contribution in [3.8, 4) is 0 Å². The molecule has 0 aromatic rings. The fraction of sp³-hybridized carbons (Fsp3) is 0.538. The normalized spacial score (nSPS) is 21.5. The van der Waals surface area contributed by atoms with Gasteiger partial charge < -0.3 is 15.1 Å². The fourth-order valence-corrected chi connectivity index (χ4v) is 2.05. The van der Waals surface area contributed by atoms with Gasteiger partial charge in [0, 0.05) is 25.7 Å². The monoisotopic (exact) mass is 358 g/mol. The Morgan fingerprint density at radius 1 is 1.04 bits per heavy atom. The highest BCUT2D eigenvalue weighted by atomic mass is 16.7. The third-order valence-corrected chi connectivity index (χ3v) is 3.52. The predicted molar refractivity (Wildman–Crippen MR) is 71.2 cm³/mol. The van der Waals surface area contributed by atoms with Crippen molar-refractivity contribution in [2.75, 3.05) is 6.61 Å². The first-order valence-corrected chi connectivity index (χ1v) is 7.12. The van der Waals surface area contributed by atoms with Crippen molar-refractivity contribution in [2.24, 2.45) is 0 Å². The molecule has 2 atom stereocenters. The SMILES string of the molecule is O=CC(O)(CON1C(=O)CCC1=O)C(O)C(=O)ON1C(=O)CCC1=O. The van der Waals surface area contributed by atoms with E-state index >= 15 is 0 Å². The molecular formula is C13H14N2O10. The van der Waals surface area contributed by atoms with Crippen molar-refractivity contribution in [1.82, 2.24) is 10.1 Å². The first-order chi connectivity index (χ1) is 11.7. The van der Waals surface area contributed by atoms with Crippen LogP contribution in [0.25, 0.3) is 0 Å². The van der Waals surface area contributed by atoms with E-state index in [9.17, 15) is 39.0 Å². The fourth-order valence-electron chi connectivity index (χ4n) is 2.05. The first kappa shape index (κ1) is 18.6. The number of hydrogen-bond acceptors (Lipinski definition) is 10. The number of carbonyl (C=O) groups excluding carboxylic acids is 6. The number of imide groups is 2. The van der Waals surface area contributed by atoms with E-state index in [1.807, 2.05) is 0 Å². The van der Waals surface area contributed by atoms with Gasteiger partial charge in [0.25, 0.3) is 23.6 Å². The molecule has 0 aliphatic carbocycles. The molecule has 0 radical (unpaired) electrons. The highest BCUT2D eigenvalue weighted by molar-refractivity contribution is 6.02. The Morgan fingerprint density at radius 3 is 1.92 bits per heavy atom. The summed E-state index contributed by atoms with van der Waals surface area (Å²) < 4.78 is 0. The summed E-state index contributed by atoms with van der Waals surface area (Å²) in [5, 5.41) is 20.2. The van der Waals surface area contributed by atoms with Crippen molar-refractivity contribution >= 4 is 35.9 Å². The molecule has 12 heteroatoms. The molecule has 2 fully saturated rings. The molecule has 0 aromatic carbocycles. The topological polar surface area (TPSA) is 168 Å². The Kier molecular flexibility index (Phi) is 5.25. The van der Waals surface area contributed by atoms with Crippen molar-refractivity contribution in [2.45, 2.75) is 37.4 Å². The highest BCUT2D eigenvalue weighted by Crippen LogP contribution is 2.18. The van der Waals surface area contributed by atoms with Crippen LogP contribution in [0.5, 0.6) is 0 Å². The molecule has 2 N–H and O–H groups in total. The molecule has 2 aliphatic rings. The maximum absolute atomic E-state index is 11.8. The Labute approximate surface area is 139 Å². The van der Waals surface area contributed by atoms with Gasteiger partial charge in [0.2, 0.25) is 0 Å². The Morgan fingerprint density at radius 2 is 1.48 bits per heavy atom. The van der Waals surface area contributed by atoms with Crippen LogP contribution in [0.3, 0.4) is 0 Å². The van der Waals surface area contributed by atoms with Gasteiger partial charge in [0.1, 0.15) is 6.61 Å². The van der Waals surface area contributed by atoms with Gasteiger partial charge in [-0.1, -0.05) is 0 Å². The van der Waals surface area contributed by atoms with Crippen LogP contribution in [0.4, 0.5) is 0 Å². The van der Waals surface area contributed by atoms with Crippen LogP contribution in [0, 0.1) is 0 Å². The number of hydrogen-bond donors (Lipinski definition) is 2. The number of aliphatic hydroxyl groups excluding tert-OH is 1. The summed E-state index contributed by atoms with van der Waals surface area (Å²) in [6, 6.07) is 0. The maximum atomic E-state index is 11.8. The van der Waals surface area contributed by atoms with Gasteiger partial charge >= 0.3 is 5.97 Å². The molecule has 2 unspecified atom stereocenters. The average molecular weight is 358 g/mol.